The van der Waals surface area contributed by atoms with Crippen molar-refractivity contribution in [3.8, 4) is 0 Å². The Kier molecular flexibility index (Phi) is 4.10. The van der Waals surface area contributed by atoms with Gasteiger partial charge in [0.2, 0.25) is 0 Å². The molecule has 0 radical (unpaired) electrons. The molecule has 2 aromatic rings. The lowest BCUT2D eigenvalue weighted by molar-refractivity contribution is -0.110. The van der Waals surface area contributed by atoms with Crippen molar-refractivity contribution in [1.29, 1.82) is 0 Å². The Balaban J connectivity index is 2.34. The summed E-state index contributed by atoms with van der Waals surface area (Å²) < 4.78 is 0. The van der Waals surface area contributed by atoms with Crippen LogP contribution in [0.2, 0.25) is 0 Å². The van der Waals surface area contributed by atoms with E-state index in [1.807, 2.05) is 0 Å². The van der Waals surface area contributed by atoms with Gasteiger partial charge in [-0.1, -0.05) is 12.1 Å². The third kappa shape index (κ3) is 2.52. The lowest BCUT2D eigenvalue weighted by Crippen LogP contribution is -2.06. The second-order valence-corrected chi connectivity index (χ2v) is 7.44. The topological polar surface area (TPSA) is 29.1 Å². The average molecular weight is 333 g/mol. The van der Waals surface area contributed by atoms with Gasteiger partial charge in [0.05, 0.1) is 11.3 Å². The van der Waals surface area contributed by atoms with E-state index < -0.39 is 0 Å². The van der Waals surface area contributed by atoms with Crippen LogP contribution in [0.1, 0.15) is 57.0 Å². The van der Waals surface area contributed by atoms with E-state index in [9.17, 15) is 4.79 Å². The maximum Gasteiger partial charge on any atom is 0.256 e. The van der Waals surface area contributed by atoms with Gasteiger partial charge in [0.1, 0.15) is 0 Å². The molecule has 0 fully saturated rings. The summed E-state index contributed by atoms with van der Waals surface area (Å²) in [5, 5.41) is 3.12. The lowest BCUT2D eigenvalue weighted by atomic mass is 9.87. The quantitative estimate of drug-likeness (QED) is 0.664. The van der Waals surface area contributed by atoms with Crippen LogP contribution in [0.3, 0.4) is 0 Å². The van der Waals surface area contributed by atoms with Crippen molar-refractivity contribution in [3.05, 3.63) is 62.2 Å². The molecule has 1 heterocycles. The van der Waals surface area contributed by atoms with Crippen molar-refractivity contribution in [2.24, 2.45) is 0 Å². The van der Waals surface area contributed by atoms with Crippen LogP contribution in [0.25, 0.3) is 11.1 Å². The maximum absolute atomic E-state index is 12.8. The third-order valence-corrected chi connectivity index (χ3v) is 6.14. The smallest absolute Gasteiger partial charge is 0.256 e. The molecule has 3 rings (SSSR count). The van der Waals surface area contributed by atoms with E-state index in [-0.39, 0.29) is 5.91 Å². The van der Waals surface area contributed by atoms with Gasteiger partial charge >= 0.3 is 0 Å². The van der Waals surface area contributed by atoms with E-state index in [0.717, 1.165) is 28.0 Å². The number of anilines is 1. The zero-order valence-corrected chi connectivity index (χ0v) is 16.6. The molecule has 0 atom stereocenters. The molecule has 0 saturated heterocycles. The maximum atomic E-state index is 12.8. The number of nitrogens with one attached hydrogen (secondary N) is 1. The fourth-order valence-electron chi connectivity index (χ4n) is 3.83. The molecular weight excluding hydrogens is 306 g/mol. The summed E-state index contributed by atoms with van der Waals surface area (Å²) in [7, 11) is 0. The monoisotopic (exact) mass is 333 g/mol. The van der Waals surface area contributed by atoms with E-state index in [4.69, 9.17) is 0 Å². The predicted molar refractivity (Wildman–Crippen MR) is 107 cm³/mol. The zero-order valence-electron chi connectivity index (χ0n) is 16.6. The molecule has 1 amide bonds. The highest BCUT2D eigenvalue weighted by atomic mass is 16.2. The van der Waals surface area contributed by atoms with Crippen LogP contribution < -0.4 is 5.32 Å². The summed E-state index contributed by atoms with van der Waals surface area (Å²) in [6.07, 6.45) is 0. The van der Waals surface area contributed by atoms with Crippen LogP contribution in [0, 0.1) is 48.5 Å². The predicted octanol–water partition coefficient (Wildman–Crippen LogP) is 5.73. The highest BCUT2D eigenvalue weighted by Gasteiger charge is 2.31. The summed E-state index contributed by atoms with van der Waals surface area (Å²) in [5.74, 6) is 0.0135. The van der Waals surface area contributed by atoms with E-state index in [1.165, 1.54) is 38.9 Å². The molecule has 1 aliphatic heterocycles. The van der Waals surface area contributed by atoms with E-state index in [0.29, 0.717) is 0 Å². The van der Waals surface area contributed by atoms with Crippen LogP contribution >= 0.6 is 0 Å². The van der Waals surface area contributed by atoms with Gasteiger partial charge in [-0.2, -0.15) is 0 Å². The molecule has 130 valence electrons. The minimum atomic E-state index is 0.0135. The standard InChI is InChI=1S/C23H27NO/c1-11-9-19(10-12(2)13(11)3)18(8)21-20-16(6)14(4)15(5)17(7)22(20)24-23(21)25/h9-10H,1-8H3,(H,24,25). The van der Waals surface area contributed by atoms with Gasteiger partial charge in [0.15, 0.2) is 0 Å². The Morgan fingerprint density at radius 1 is 0.760 bits per heavy atom. The molecule has 2 aromatic carbocycles. The first kappa shape index (κ1) is 17.5. The van der Waals surface area contributed by atoms with Crippen molar-refractivity contribution in [1.82, 2.24) is 0 Å². The van der Waals surface area contributed by atoms with Crippen LogP contribution in [0.5, 0.6) is 0 Å². The lowest BCUT2D eigenvalue weighted by Gasteiger charge is -2.16. The molecule has 0 spiro atoms. The number of rotatable bonds is 1. The summed E-state index contributed by atoms with van der Waals surface area (Å²) in [6.45, 7) is 17.0. The van der Waals surface area contributed by atoms with Gasteiger partial charge in [0.25, 0.3) is 5.91 Å². The molecule has 0 unspecified atom stereocenters. The van der Waals surface area contributed by atoms with Crippen LogP contribution in [-0.4, -0.2) is 5.91 Å². The Bertz CT molecular complexity index is 938. The number of carbonyl (C=O) groups excluding carboxylic acids is 1. The Morgan fingerprint density at radius 2 is 1.28 bits per heavy atom. The summed E-state index contributed by atoms with van der Waals surface area (Å²) in [5.41, 5.74) is 13.8. The normalized spacial score (nSPS) is 15.3. The van der Waals surface area contributed by atoms with E-state index >= 15 is 0 Å². The first-order chi connectivity index (χ1) is 11.6. The van der Waals surface area contributed by atoms with Crippen molar-refractivity contribution in [2.75, 3.05) is 5.32 Å². The number of fused-ring (bicyclic) bond motifs is 1. The Labute approximate surface area is 151 Å². The number of benzene rings is 2. The number of aryl methyl sites for hydroxylation is 2. The van der Waals surface area contributed by atoms with Crippen molar-refractivity contribution >= 4 is 22.7 Å². The molecular formula is C23H27NO. The van der Waals surface area contributed by atoms with Crippen molar-refractivity contribution < 1.29 is 4.79 Å². The van der Waals surface area contributed by atoms with Gasteiger partial charge in [-0.05, 0) is 105 Å². The second kappa shape index (κ2) is 5.87. The SMILES string of the molecule is CC(=C1C(=O)Nc2c(C)c(C)c(C)c(C)c21)c1cc(C)c(C)c(C)c1. The van der Waals surface area contributed by atoms with Crippen LogP contribution in [0.4, 0.5) is 5.69 Å². The van der Waals surface area contributed by atoms with Crippen LogP contribution in [-0.2, 0) is 4.79 Å². The second-order valence-electron chi connectivity index (χ2n) is 7.44. The van der Waals surface area contributed by atoms with Gasteiger partial charge in [-0.25, -0.2) is 0 Å². The van der Waals surface area contributed by atoms with E-state index in [2.05, 4.69) is 72.8 Å². The highest BCUT2D eigenvalue weighted by molar-refractivity contribution is 6.37. The largest absolute Gasteiger partial charge is 0.321 e. The van der Waals surface area contributed by atoms with Gasteiger partial charge in [-0.3, -0.25) is 4.79 Å². The molecule has 25 heavy (non-hydrogen) atoms. The number of hydrogen-bond donors (Lipinski definition) is 1. The fraction of sp³-hybridized carbons (Fsp3) is 0.348. The number of hydrogen-bond acceptors (Lipinski definition) is 1. The number of amides is 1. The Morgan fingerprint density at radius 3 is 1.84 bits per heavy atom. The summed E-state index contributed by atoms with van der Waals surface area (Å²) in [6, 6.07) is 4.39. The van der Waals surface area contributed by atoms with Crippen molar-refractivity contribution in [2.45, 2.75) is 55.4 Å². The van der Waals surface area contributed by atoms with Gasteiger partial charge < -0.3 is 5.32 Å². The summed E-state index contributed by atoms with van der Waals surface area (Å²) >= 11 is 0. The number of allylic oxidation sites excluding steroid dienone is 1. The molecule has 0 saturated carbocycles. The van der Waals surface area contributed by atoms with Gasteiger partial charge in [-0.15, -0.1) is 0 Å². The molecule has 1 aliphatic rings. The van der Waals surface area contributed by atoms with Crippen molar-refractivity contribution in [3.63, 3.8) is 0 Å². The molecule has 1 N–H and O–H groups in total. The van der Waals surface area contributed by atoms with E-state index in [1.54, 1.807) is 0 Å². The first-order valence-corrected chi connectivity index (χ1v) is 8.86. The molecule has 2 heteroatoms. The minimum absolute atomic E-state index is 0.0135. The Hall–Kier alpha value is -2.35. The average Bonchev–Trinajstić information content (AvgIpc) is 2.92. The molecule has 0 bridgehead atoms. The highest BCUT2D eigenvalue weighted by Crippen LogP contribution is 2.43. The third-order valence-electron chi connectivity index (χ3n) is 6.14. The summed E-state index contributed by atoms with van der Waals surface area (Å²) in [4.78, 5) is 12.8. The molecule has 2 nitrogen and oxygen atoms in total. The minimum Gasteiger partial charge on any atom is -0.321 e. The van der Waals surface area contributed by atoms with Gasteiger partial charge in [0, 0.05) is 5.56 Å². The molecule has 0 aromatic heterocycles. The van der Waals surface area contributed by atoms with Crippen LogP contribution in [0.15, 0.2) is 12.1 Å². The zero-order chi connectivity index (χ0) is 18.6. The first-order valence-electron chi connectivity index (χ1n) is 8.86. The molecule has 0 aliphatic carbocycles. The number of carbonyl (C=O) groups is 1. The fourth-order valence-corrected chi connectivity index (χ4v) is 3.83.